The number of piperazine rings is 1. The highest BCUT2D eigenvalue weighted by Crippen LogP contribution is 2.36. The normalized spacial score (nSPS) is 20.5. The van der Waals surface area contributed by atoms with E-state index in [0.29, 0.717) is 12.5 Å². The second-order valence-corrected chi connectivity index (χ2v) is 6.69. The van der Waals surface area contributed by atoms with E-state index in [1.807, 2.05) is 11.0 Å². The van der Waals surface area contributed by atoms with Crippen LogP contribution in [0.1, 0.15) is 30.9 Å². The van der Waals surface area contributed by atoms with Crippen LogP contribution in [0, 0.1) is 0 Å². The fraction of sp³-hybridized carbons (Fsp3) is 0.632. The van der Waals surface area contributed by atoms with Gasteiger partial charge < -0.3 is 19.7 Å². The zero-order valence-corrected chi connectivity index (χ0v) is 16.5. The first-order valence-corrected chi connectivity index (χ1v) is 9.17. The Morgan fingerprint density at radius 1 is 1.15 bits per heavy atom. The number of likely N-dealkylation sites (tertiary alicyclic amines) is 1. The molecule has 0 spiro atoms. The lowest BCUT2D eigenvalue weighted by molar-refractivity contribution is -0.132. The van der Waals surface area contributed by atoms with Gasteiger partial charge in [-0.3, -0.25) is 9.69 Å². The molecule has 0 saturated carbocycles. The average molecular weight is 384 g/mol. The topological polar surface area (TPSA) is 54.0 Å². The number of rotatable bonds is 6. The monoisotopic (exact) mass is 383 g/mol. The lowest BCUT2D eigenvalue weighted by atomic mass is 10.0. The van der Waals surface area contributed by atoms with Gasteiger partial charge in [0, 0.05) is 45.2 Å². The number of hydrogen-bond acceptors (Lipinski definition) is 5. The molecule has 7 heteroatoms. The number of halogens is 1. The molecule has 1 aromatic carbocycles. The number of nitrogens with zero attached hydrogens (tertiary/aromatic N) is 2. The average Bonchev–Trinajstić information content (AvgIpc) is 3.14. The van der Waals surface area contributed by atoms with Crippen molar-refractivity contribution in [2.75, 3.05) is 53.5 Å². The number of ether oxygens (including phenoxy) is 2. The summed E-state index contributed by atoms with van der Waals surface area (Å²) in [5.74, 6) is 1.80. The molecule has 2 aliphatic rings. The molecule has 146 valence electrons. The van der Waals surface area contributed by atoms with Gasteiger partial charge in [-0.05, 0) is 37.1 Å². The van der Waals surface area contributed by atoms with E-state index in [1.165, 1.54) is 12.0 Å². The number of carbonyl (C=O) groups is 1. The Morgan fingerprint density at radius 2 is 1.88 bits per heavy atom. The first kappa shape index (κ1) is 20.8. The van der Waals surface area contributed by atoms with E-state index >= 15 is 0 Å². The first-order chi connectivity index (χ1) is 12.2. The molecule has 2 fully saturated rings. The molecule has 1 atom stereocenters. The van der Waals surface area contributed by atoms with E-state index in [0.717, 1.165) is 57.2 Å². The van der Waals surface area contributed by atoms with Crippen molar-refractivity contribution in [1.29, 1.82) is 0 Å². The smallest absolute Gasteiger partial charge is 0.223 e. The van der Waals surface area contributed by atoms with Gasteiger partial charge in [0.1, 0.15) is 0 Å². The van der Waals surface area contributed by atoms with Gasteiger partial charge in [0.25, 0.3) is 0 Å². The highest BCUT2D eigenvalue weighted by molar-refractivity contribution is 5.85. The summed E-state index contributed by atoms with van der Waals surface area (Å²) >= 11 is 0. The highest BCUT2D eigenvalue weighted by atomic mass is 35.5. The lowest BCUT2D eigenvalue weighted by Gasteiger charge is -2.29. The second-order valence-electron chi connectivity index (χ2n) is 6.69. The van der Waals surface area contributed by atoms with Crippen molar-refractivity contribution < 1.29 is 14.3 Å². The molecule has 1 N–H and O–H groups in total. The van der Waals surface area contributed by atoms with Crippen LogP contribution in [0.5, 0.6) is 11.5 Å². The number of benzene rings is 1. The van der Waals surface area contributed by atoms with E-state index in [-0.39, 0.29) is 18.3 Å². The van der Waals surface area contributed by atoms with Crippen LogP contribution in [-0.2, 0) is 4.79 Å². The third-order valence-corrected chi connectivity index (χ3v) is 5.24. The molecular formula is C19H30ClN3O3. The van der Waals surface area contributed by atoms with Gasteiger partial charge in [0.15, 0.2) is 11.5 Å². The molecule has 1 amide bonds. The van der Waals surface area contributed by atoms with Crippen molar-refractivity contribution in [3.05, 3.63) is 23.8 Å². The molecule has 2 saturated heterocycles. The fourth-order valence-corrected chi connectivity index (χ4v) is 3.84. The zero-order chi connectivity index (χ0) is 17.6. The molecule has 3 rings (SSSR count). The maximum absolute atomic E-state index is 12.4. The molecule has 26 heavy (non-hydrogen) atoms. The van der Waals surface area contributed by atoms with Crippen LogP contribution in [0.25, 0.3) is 0 Å². The van der Waals surface area contributed by atoms with Crippen LogP contribution in [0.3, 0.4) is 0 Å². The Hall–Kier alpha value is -1.50. The molecular weight excluding hydrogens is 354 g/mol. The largest absolute Gasteiger partial charge is 0.493 e. The van der Waals surface area contributed by atoms with Crippen LogP contribution in [0.4, 0.5) is 0 Å². The maximum atomic E-state index is 12.4. The Bertz CT molecular complexity index is 593. The Labute approximate surface area is 162 Å². The molecule has 0 bridgehead atoms. The quantitative estimate of drug-likeness (QED) is 0.815. The standard InChI is InChI=1S/C19H29N3O3.ClH/c1-24-17-6-5-15(14-18(17)25-2)16-4-3-10-21(16)11-7-19(23)22-12-8-20-9-13-22;/h5-6,14,16,20H,3-4,7-13H2,1-2H3;1H. The molecule has 2 heterocycles. The van der Waals surface area contributed by atoms with Crippen molar-refractivity contribution >= 4 is 18.3 Å². The second kappa shape index (κ2) is 10.00. The molecule has 0 aromatic heterocycles. The van der Waals surface area contributed by atoms with Gasteiger partial charge in [-0.25, -0.2) is 0 Å². The van der Waals surface area contributed by atoms with Crippen LogP contribution in [0.2, 0.25) is 0 Å². The third kappa shape index (κ3) is 4.81. The number of nitrogens with one attached hydrogen (secondary N) is 1. The summed E-state index contributed by atoms with van der Waals surface area (Å²) in [6.07, 6.45) is 2.89. The summed E-state index contributed by atoms with van der Waals surface area (Å²) in [5.41, 5.74) is 1.24. The predicted molar refractivity (Wildman–Crippen MR) is 104 cm³/mol. The fourth-order valence-electron chi connectivity index (χ4n) is 3.84. The van der Waals surface area contributed by atoms with Gasteiger partial charge in [-0.15, -0.1) is 12.4 Å². The van der Waals surface area contributed by atoms with Gasteiger partial charge in [-0.1, -0.05) is 6.07 Å². The number of methoxy groups -OCH3 is 2. The van der Waals surface area contributed by atoms with E-state index in [4.69, 9.17) is 9.47 Å². The van der Waals surface area contributed by atoms with Gasteiger partial charge in [0.2, 0.25) is 5.91 Å². The van der Waals surface area contributed by atoms with Crippen molar-refractivity contribution in [3.63, 3.8) is 0 Å². The Kier molecular flexibility index (Phi) is 8.00. The highest BCUT2D eigenvalue weighted by Gasteiger charge is 2.27. The third-order valence-electron chi connectivity index (χ3n) is 5.24. The molecule has 6 nitrogen and oxygen atoms in total. The predicted octanol–water partition coefficient (Wildman–Crippen LogP) is 2.08. The van der Waals surface area contributed by atoms with Crippen LogP contribution >= 0.6 is 12.4 Å². The Morgan fingerprint density at radius 3 is 2.58 bits per heavy atom. The number of amides is 1. The van der Waals surface area contributed by atoms with E-state index < -0.39 is 0 Å². The molecule has 1 aromatic rings. The van der Waals surface area contributed by atoms with Gasteiger partial charge in [0.05, 0.1) is 14.2 Å². The van der Waals surface area contributed by atoms with Crippen LogP contribution in [0.15, 0.2) is 18.2 Å². The van der Waals surface area contributed by atoms with Crippen LogP contribution < -0.4 is 14.8 Å². The maximum Gasteiger partial charge on any atom is 0.223 e. The van der Waals surface area contributed by atoms with Crippen molar-refractivity contribution in [3.8, 4) is 11.5 Å². The summed E-state index contributed by atoms with van der Waals surface area (Å²) in [4.78, 5) is 16.8. The minimum absolute atomic E-state index is 0. The van der Waals surface area contributed by atoms with Crippen molar-refractivity contribution in [2.45, 2.75) is 25.3 Å². The number of carbonyl (C=O) groups excluding carboxylic acids is 1. The van der Waals surface area contributed by atoms with Gasteiger partial charge in [-0.2, -0.15) is 0 Å². The van der Waals surface area contributed by atoms with E-state index in [9.17, 15) is 4.79 Å². The Balaban J connectivity index is 0.00000243. The van der Waals surface area contributed by atoms with E-state index in [1.54, 1.807) is 14.2 Å². The number of hydrogen-bond donors (Lipinski definition) is 1. The summed E-state index contributed by atoms with van der Waals surface area (Å²) in [7, 11) is 3.32. The summed E-state index contributed by atoms with van der Waals surface area (Å²) in [5, 5.41) is 3.29. The van der Waals surface area contributed by atoms with Crippen molar-refractivity contribution in [2.24, 2.45) is 0 Å². The molecule has 0 radical (unpaired) electrons. The molecule has 1 unspecified atom stereocenters. The van der Waals surface area contributed by atoms with E-state index in [2.05, 4.69) is 22.3 Å². The summed E-state index contributed by atoms with van der Waals surface area (Å²) < 4.78 is 10.8. The molecule has 0 aliphatic carbocycles. The van der Waals surface area contributed by atoms with Crippen LogP contribution in [-0.4, -0.2) is 69.2 Å². The van der Waals surface area contributed by atoms with Gasteiger partial charge >= 0.3 is 0 Å². The van der Waals surface area contributed by atoms with Crippen molar-refractivity contribution in [1.82, 2.24) is 15.1 Å². The summed E-state index contributed by atoms with van der Waals surface area (Å²) in [6, 6.07) is 6.51. The molecule has 2 aliphatic heterocycles. The minimum Gasteiger partial charge on any atom is -0.493 e. The minimum atomic E-state index is 0. The summed E-state index contributed by atoms with van der Waals surface area (Å²) in [6.45, 7) is 5.35. The SMILES string of the molecule is COc1ccc(C2CCCN2CCC(=O)N2CCNCC2)cc1OC.Cl. The zero-order valence-electron chi connectivity index (χ0n) is 15.7. The lowest BCUT2D eigenvalue weighted by Crippen LogP contribution is -2.47. The first-order valence-electron chi connectivity index (χ1n) is 9.17.